The maximum absolute atomic E-state index is 11.4. The van der Waals surface area contributed by atoms with Gasteiger partial charge in [-0.1, -0.05) is 13.3 Å². The first-order valence-electron chi connectivity index (χ1n) is 5.10. The van der Waals surface area contributed by atoms with E-state index < -0.39 is 0 Å². The lowest BCUT2D eigenvalue weighted by atomic mass is 10.3. The van der Waals surface area contributed by atoms with Crippen molar-refractivity contribution in [2.45, 2.75) is 26.3 Å². The van der Waals surface area contributed by atoms with E-state index in [1.54, 1.807) is 22.9 Å². The number of carbonyl (C=O) groups is 1. The summed E-state index contributed by atoms with van der Waals surface area (Å²) in [5.74, 6) is -0.0452. The van der Waals surface area contributed by atoms with Crippen molar-refractivity contribution < 1.29 is 4.79 Å². The van der Waals surface area contributed by atoms with Crippen molar-refractivity contribution in [3.63, 3.8) is 0 Å². The van der Waals surface area contributed by atoms with Gasteiger partial charge in [0.1, 0.15) is 18.3 Å². The number of nitriles is 1. The highest BCUT2D eigenvalue weighted by Crippen LogP contribution is 1.99. The molecule has 0 spiro atoms. The van der Waals surface area contributed by atoms with E-state index in [1.165, 1.54) is 0 Å². The molecule has 4 heteroatoms. The van der Waals surface area contributed by atoms with Crippen molar-refractivity contribution in [2.24, 2.45) is 0 Å². The monoisotopic (exact) mass is 205 g/mol. The summed E-state index contributed by atoms with van der Waals surface area (Å²) in [6, 6.07) is 5.49. The molecule has 1 heterocycles. The van der Waals surface area contributed by atoms with Crippen LogP contribution in [0, 0.1) is 11.3 Å². The SMILES string of the molecule is CCCCNC(=O)Cn1cccc1C#N. The minimum atomic E-state index is -0.0452. The first-order chi connectivity index (χ1) is 7.27. The number of amides is 1. The summed E-state index contributed by atoms with van der Waals surface area (Å²) in [4.78, 5) is 11.4. The first kappa shape index (κ1) is 11.3. The van der Waals surface area contributed by atoms with E-state index in [9.17, 15) is 4.79 Å². The van der Waals surface area contributed by atoms with E-state index in [1.807, 2.05) is 6.07 Å². The fraction of sp³-hybridized carbons (Fsp3) is 0.455. The van der Waals surface area contributed by atoms with Crippen LogP contribution in [0.25, 0.3) is 0 Å². The van der Waals surface area contributed by atoms with Crippen LogP contribution in [0.2, 0.25) is 0 Å². The average molecular weight is 205 g/mol. The van der Waals surface area contributed by atoms with Gasteiger partial charge in [0.2, 0.25) is 5.91 Å². The third kappa shape index (κ3) is 3.47. The van der Waals surface area contributed by atoms with E-state index in [0.29, 0.717) is 12.2 Å². The fourth-order valence-electron chi connectivity index (χ4n) is 1.27. The average Bonchev–Trinajstić information content (AvgIpc) is 2.65. The van der Waals surface area contributed by atoms with Crippen molar-refractivity contribution in [1.82, 2.24) is 9.88 Å². The molecule has 1 rings (SSSR count). The van der Waals surface area contributed by atoms with E-state index in [2.05, 4.69) is 12.2 Å². The number of unbranched alkanes of at least 4 members (excludes halogenated alkanes) is 1. The van der Waals surface area contributed by atoms with Gasteiger partial charge in [-0.3, -0.25) is 4.79 Å². The van der Waals surface area contributed by atoms with Crippen molar-refractivity contribution >= 4 is 5.91 Å². The molecule has 1 N–H and O–H groups in total. The van der Waals surface area contributed by atoms with Crippen molar-refractivity contribution in [1.29, 1.82) is 5.26 Å². The third-order valence-electron chi connectivity index (χ3n) is 2.11. The zero-order chi connectivity index (χ0) is 11.1. The Labute approximate surface area is 89.5 Å². The predicted molar refractivity (Wildman–Crippen MR) is 57.1 cm³/mol. The smallest absolute Gasteiger partial charge is 0.239 e. The lowest BCUT2D eigenvalue weighted by Gasteiger charge is -2.05. The lowest BCUT2D eigenvalue weighted by molar-refractivity contribution is -0.121. The molecule has 80 valence electrons. The topological polar surface area (TPSA) is 57.8 Å². The first-order valence-corrected chi connectivity index (χ1v) is 5.10. The quantitative estimate of drug-likeness (QED) is 0.736. The predicted octanol–water partition coefficient (Wildman–Crippen LogP) is 1.28. The number of nitrogens with zero attached hydrogens (tertiary/aromatic N) is 2. The van der Waals surface area contributed by atoms with Crippen molar-refractivity contribution in [2.75, 3.05) is 6.54 Å². The fourth-order valence-corrected chi connectivity index (χ4v) is 1.27. The number of hydrogen-bond acceptors (Lipinski definition) is 2. The maximum atomic E-state index is 11.4. The molecule has 4 nitrogen and oxygen atoms in total. The van der Waals surface area contributed by atoms with Gasteiger partial charge in [-0.2, -0.15) is 5.26 Å². The largest absolute Gasteiger partial charge is 0.355 e. The Bertz CT molecular complexity index is 362. The minimum Gasteiger partial charge on any atom is -0.355 e. The van der Waals surface area contributed by atoms with Gasteiger partial charge in [0, 0.05) is 12.7 Å². The summed E-state index contributed by atoms with van der Waals surface area (Å²) < 4.78 is 1.64. The van der Waals surface area contributed by atoms with E-state index in [0.717, 1.165) is 12.8 Å². The molecule has 0 radical (unpaired) electrons. The summed E-state index contributed by atoms with van der Waals surface area (Å²) in [5.41, 5.74) is 0.514. The molecule has 0 aliphatic rings. The summed E-state index contributed by atoms with van der Waals surface area (Å²) in [7, 11) is 0. The zero-order valence-corrected chi connectivity index (χ0v) is 8.86. The molecule has 0 saturated heterocycles. The normalized spacial score (nSPS) is 9.60. The molecule has 1 aromatic rings. The lowest BCUT2D eigenvalue weighted by Crippen LogP contribution is -2.28. The van der Waals surface area contributed by atoms with Gasteiger partial charge in [-0.05, 0) is 18.6 Å². The Kier molecular flexibility index (Phi) is 4.42. The molecule has 1 aromatic heterocycles. The Balaban J connectivity index is 2.42. The standard InChI is InChI=1S/C11H15N3O/c1-2-3-6-13-11(15)9-14-7-4-5-10(14)8-12/h4-5,7H,2-3,6,9H2,1H3,(H,13,15). The Morgan fingerprint density at radius 2 is 2.47 bits per heavy atom. The number of aromatic nitrogens is 1. The van der Waals surface area contributed by atoms with Crippen LogP contribution in [0.3, 0.4) is 0 Å². The van der Waals surface area contributed by atoms with Gasteiger partial charge in [0.05, 0.1) is 0 Å². The highest BCUT2D eigenvalue weighted by Gasteiger charge is 2.04. The molecule has 0 fully saturated rings. The third-order valence-corrected chi connectivity index (χ3v) is 2.11. The van der Waals surface area contributed by atoms with Crippen LogP contribution in [-0.2, 0) is 11.3 Å². The second-order valence-electron chi connectivity index (χ2n) is 3.34. The van der Waals surface area contributed by atoms with Gasteiger partial charge < -0.3 is 9.88 Å². The molecule has 0 unspecified atom stereocenters. The van der Waals surface area contributed by atoms with Crippen LogP contribution in [0.5, 0.6) is 0 Å². The van der Waals surface area contributed by atoms with Crippen LogP contribution < -0.4 is 5.32 Å². The number of hydrogen-bond donors (Lipinski definition) is 1. The van der Waals surface area contributed by atoms with Crippen LogP contribution >= 0.6 is 0 Å². The summed E-state index contributed by atoms with van der Waals surface area (Å²) >= 11 is 0. The Morgan fingerprint density at radius 1 is 1.67 bits per heavy atom. The van der Waals surface area contributed by atoms with Gasteiger partial charge in [0.25, 0.3) is 0 Å². The summed E-state index contributed by atoms with van der Waals surface area (Å²) in [6.07, 6.45) is 3.79. The second-order valence-corrected chi connectivity index (χ2v) is 3.34. The molecule has 1 amide bonds. The Morgan fingerprint density at radius 3 is 3.13 bits per heavy atom. The summed E-state index contributed by atoms with van der Waals surface area (Å²) in [6.45, 7) is 3.00. The molecule has 15 heavy (non-hydrogen) atoms. The van der Waals surface area contributed by atoms with Gasteiger partial charge in [-0.25, -0.2) is 0 Å². The van der Waals surface area contributed by atoms with E-state index in [-0.39, 0.29) is 12.5 Å². The van der Waals surface area contributed by atoms with E-state index in [4.69, 9.17) is 5.26 Å². The Hall–Kier alpha value is -1.76. The highest BCUT2D eigenvalue weighted by atomic mass is 16.1. The van der Waals surface area contributed by atoms with Crippen LogP contribution in [0.4, 0.5) is 0 Å². The number of nitrogens with one attached hydrogen (secondary N) is 1. The molecule has 0 saturated carbocycles. The molecular weight excluding hydrogens is 190 g/mol. The van der Waals surface area contributed by atoms with Crippen LogP contribution in [0.15, 0.2) is 18.3 Å². The summed E-state index contributed by atoms with van der Waals surface area (Å²) in [5, 5.41) is 11.5. The molecular formula is C11H15N3O. The van der Waals surface area contributed by atoms with Gasteiger partial charge >= 0.3 is 0 Å². The molecule has 0 bridgehead atoms. The molecule has 0 aliphatic carbocycles. The maximum Gasteiger partial charge on any atom is 0.239 e. The highest BCUT2D eigenvalue weighted by molar-refractivity contribution is 5.75. The second kappa shape index (κ2) is 5.86. The number of rotatable bonds is 5. The zero-order valence-electron chi connectivity index (χ0n) is 8.86. The van der Waals surface area contributed by atoms with Crippen molar-refractivity contribution in [3.8, 4) is 6.07 Å². The minimum absolute atomic E-state index is 0.0452. The van der Waals surface area contributed by atoms with Crippen LogP contribution in [0.1, 0.15) is 25.5 Å². The molecule has 0 atom stereocenters. The molecule has 0 aliphatic heterocycles. The van der Waals surface area contributed by atoms with Crippen LogP contribution in [-0.4, -0.2) is 17.0 Å². The van der Waals surface area contributed by atoms with Gasteiger partial charge in [-0.15, -0.1) is 0 Å². The number of carbonyl (C=O) groups excluding carboxylic acids is 1. The van der Waals surface area contributed by atoms with Crippen molar-refractivity contribution in [3.05, 3.63) is 24.0 Å². The van der Waals surface area contributed by atoms with E-state index >= 15 is 0 Å². The molecule has 0 aromatic carbocycles. The van der Waals surface area contributed by atoms with Gasteiger partial charge in [0.15, 0.2) is 0 Å².